The molecule has 0 spiro atoms. The fraction of sp³-hybridized carbons (Fsp3) is 0.364. The summed E-state index contributed by atoms with van der Waals surface area (Å²) in [5.41, 5.74) is 0. The zero-order chi connectivity index (χ0) is 14.5. The predicted octanol–water partition coefficient (Wildman–Crippen LogP) is 2.71. The molecule has 3 heterocycles. The quantitative estimate of drug-likeness (QED) is 0.641. The van der Waals surface area contributed by atoms with Crippen LogP contribution in [0.15, 0.2) is 21.9 Å². The van der Waals surface area contributed by atoms with Crippen molar-refractivity contribution in [3.63, 3.8) is 0 Å². The van der Waals surface area contributed by atoms with E-state index in [9.17, 15) is 4.79 Å². The van der Waals surface area contributed by atoms with Crippen molar-refractivity contribution >= 4 is 50.6 Å². The first kappa shape index (κ1) is 14.7. The number of rotatable bonds is 5. The Kier molecular flexibility index (Phi) is 5.04. The van der Waals surface area contributed by atoms with E-state index in [4.69, 9.17) is 9.47 Å². The highest BCUT2D eigenvalue weighted by atomic mass is 32.2. The van der Waals surface area contributed by atoms with Crippen LogP contribution in [0.1, 0.15) is 0 Å². The average Bonchev–Trinajstić information content (AvgIpc) is 3.19. The molecule has 0 radical (unpaired) electrons. The van der Waals surface area contributed by atoms with E-state index in [1.807, 2.05) is 17.5 Å². The van der Waals surface area contributed by atoms with Crippen LogP contribution in [-0.4, -0.2) is 41.5 Å². The fourth-order valence-corrected chi connectivity index (χ4v) is 3.88. The van der Waals surface area contributed by atoms with Crippen LogP contribution in [0, 0.1) is 0 Å². The van der Waals surface area contributed by atoms with Gasteiger partial charge in [0.05, 0.1) is 24.0 Å². The second-order valence-corrected chi connectivity index (χ2v) is 7.10. The van der Waals surface area contributed by atoms with E-state index >= 15 is 0 Å². The number of hydrogen-bond donors (Lipinski definition) is 2. The summed E-state index contributed by atoms with van der Waals surface area (Å²) in [6, 6.07) is 3.37. The Hall–Kier alpha value is -1.20. The summed E-state index contributed by atoms with van der Waals surface area (Å²) in [7, 11) is 0. The second kappa shape index (κ2) is 7.18. The largest absolute Gasteiger partial charge is 0.349 e. The standard InChI is InChI=1S/C11H12N4O3S3/c16-9(12-7-2-1-5-19-7)13-10-14-15-11(21-10)20-6-8-17-3-4-18-8/h1-2,5,8H,3-4,6H2,(H2,12,13,14,16). The van der Waals surface area contributed by atoms with Crippen LogP contribution < -0.4 is 10.6 Å². The minimum absolute atomic E-state index is 0.183. The number of thioether (sulfide) groups is 1. The third kappa shape index (κ3) is 4.38. The zero-order valence-corrected chi connectivity index (χ0v) is 13.2. The average molecular weight is 344 g/mol. The SMILES string of the molecule is O=C(Nc1cccs1)Nc1nnc(SCC2OCCO2)s1. The lowest BCUT2D eigenvalue weighted by molar-refractivity contribution is -0.0214. The van der Waals surface area contributed by atoms with Crippen LogP contribution in [-0.2, 0) is 9.47 Å². The number of ether oxygens (including phenoxy) is 2. The van der Waals surface area contributed by atoms with Crippen molar-refractivity contribution in [2.75, 3.05) is 29.6 Å². The molecule has 112 valence electrons. The normalized spacial score (nSPS) is 15.2. The number of aromatic nitrogens is 2. The first-order valence-corrected chi connectivity index (χ1v) is 8.79. The molecule has 2 aromatic rings. The van der Waals surface area contributed by atoms with Gasteiger partial charge in [-0.2, -0.15) is 0 Å². The van der Waals surface area contributed by atoms with E-state index in [1.165, 1.54) is 34.4 Å². The number of nitrogens with one attached hydrogen (secondary N) is 2. The van der Waals surface area contributed by atoms with E-state index in [0.29, 0.717) is 24.1 Å². The van der Waals surface area contributed by atoms with Crippen molar-refractivity contribution in [2.45, 2.75) is 10.6 Å². The first-order chi connectivity index (χ1) is 10.3. The van der Waals surface area contributed by atoms with Gasteiger partial charge in [0.2, 0.25) is 5.13 Å². The van der Waals surface area contributed by atoms with Crippen molar-refractivity contribution < 1.29 is 14.3 Å². The van der Waals surface area contributed by atoms with Gasteiger partial charge in [-0.1, -0.05) is 23.1 Å². The van der Waals surface area contributed by atoms with Gasteiger partial charge in [-0.25, -0.2) is 4.79 Å². The molecule has 0 aliphatic carbocycles. The molecule has 0 aromatic carbocycles. The molecule has 2 N–H and O–H groups in total. The van der Waals surface area contributed by atoms with Crippen LogP contribution in [0.4, 0.5) is 14.9 Å². The van der Waals surface area contributed by atoms with Gasteiger partial charge in [0, 0.05) is 0 Å². The lowest BCUT2D eigenvalue weighted by atomic mass is 10.6. The van der Waals surface area contributed by atoms with Gasteiger partial charge in [-0.15, -0.1) is 21.5 Å². The number of urea groups is 1. The molecule has 1 aliphatic heterocycles. The minimum Gasteiger partial charge on any atom is -0.349 e. The maximum Gasteiger partial charge on any atom is 0.326 e. The number of carbonyl (C=O) groups excluding carboxylic acids is 1. The van der Waals surface area contributed by atoms with E-state index in [1.54, 1.807) is 0 Å². The summed E-state index contributed by atoms with van der Waals surface area (Å²) in [6.07, 6.45) is -0.183. The Labute approximate surface area is 133 Å². The molecular weight excluding hydrogens is 332 g/mol. The van der Waals surface area contributed by atoms with Gasteiger partial charge in [0.1, 0.15) is 0 Å². The second-order valence-electron chi connectivity index (χ2n) is 3.91. The number of nitrogens with zero attached hydrogens (tertiary/aromatic N) is 2. The van der Waals surface area contributed by atoms with Crippen molar-refractivity contribution in [1.82, 2.24) is 10.2 Å². The lowest BCUT2D eigenvalue weighted by Crippen LogP contribution is -2.18. The molecule has 0 bridgehead atoms. The highest BCUT2D eigenvalue weighted by Crippen LogP contribution is 2.27. The molecule has 1 fully saturated rings. The van der Waals surface area contributed by atoms with Gasteiger partial charge < -0.3 is 9.47 Å². The molecule has 3 rings (SSSR count). The molecule has 7 nitrogen and oxygen atoms in total. The van der Waals surface area contributed by atoms with Gasteiger partial charge in [0.25, 0.3) is 0 Å². The minimum atomic E-state index is -0.326. The third-order valence-corrected chi connectivity index (χ3v) is 5.21. The number of carbonyl (C=O) groups is 1. The Morgan fingerprint density at radius 3 is 3.00 bits per heavy atom. The van der Waals surface area contributed by atoms with E-state index in [0.717, 1.165) is 9.34 Å². The third-order valence-electron chi connectivity index (χ3n) is 2.42. The molecule has 0 unspecified atom stereocenters. The van der Waals surface area contributed by atoms with E-state index in [-0.39, 0.29) is 12.3 Å². The Morgan fingerprint density at radius 2 is 2.24 bits per heavy atom. The van der Waals surface area contributed by atoms with Crippen LogP contribution in [0.2, 0.25) is 0 Å². The molecule has 21 heavy (non-hydrogen) atoms. The highest BCUT2D eigenvalue weighted by Gasteiger charge is 2.17. The number of amides is 2. The smallest absolute Gasteiger partial charge is 0.326 e. The van der Waals surface area contributed by atoms with Crippen molar-refractivity contribution in [3.8, 4) is 0 Å². The summed E-state index contributed by atoms with van der Waals surface area (Å²) < 4.78 is 11.4. The summed E-state index contributed by atoms with van der Waals surface area (Å²) in [6.45, 7) is 1.27. The van der Waals surface area contributed by atoms with Crippen molar-refractivity contribution in [1.29, 1.82) is 0 Å². The molecule has 10 heteroatoms. The van der Waals surface area contributed by atoms with Crippen LogP contribution >= 0.6 is 34.4 Å². The molecule has 0 saturated carbocycles. The molecule has 1 saturated heterocycles. The van der Waals surface area contributed by atoms with Crippen molar-refractivity contribution in [3.05, 3.63) is 17.5 Å². The number of thiophene rings is 1. The molecular formula is C11H12N4O3S3. The van der Waals surface area contributed by atoms with Crippen LogP contribution in [0.25, 0.3) is 0 Å². The van der Waals surface area contributed by atoms with Gasteiger partial charge in [-0.3, -0.25) is 10.6 Å². The van der Waals surface area contributed by atoms with Crippen LogP contribution in [0.3, 0.4) is 0 Å². The van der Waals surface area contributed by atoms with E-state index in [2.05, 4.69) is 20.8 Å². The summed E-state index contributed by atoms with van der Waals surface area (Å²) in [4.78, 5) is 11.7. The molecule has 1 aliphatic rings. The topological polar surface area (TPSA) is 85.4 Å². The monoisotopic (exact) mass is 344 g/mol. The number of hydrogen-bond acceptors (Lipinski definition) is 8. The summed E-state index contributed by atoms with van der Waals surface area (Å²) in [5, 5.41) is 16.4. The first-order valence-electron chi connectivity index (χ1n) is 6.10. The highest BCUT2D eigenvalue weighted by molar-refractivity contribution is 8.01. The van der Waals surface area contributed by atoms with Crippen LogP contribution in [0.5, 0.6) is 0 Å². The Balaban J connectivity index is 1.46. The molecule has 2 aromatic heterocycles. The van der Waals surface area contributed by atoms with Gasteiger partial charge in [-0.05, 0) is 17.5 Å². The fourth-order valence-electron chi connectivity index (χ4n) is 1.55. The van der Waals surface area contributed by atoms with E-state index < -0.39 is 0 Å². The molecule has 2 amide bonds. The predicted molar refractivity (Wildman–Crippen MR) is 83.3 cm³/mol. The zero-order valence-electron chi connectivity index (χ0n) is 10.8. The van der Waals surface area contributed by atoms with Crippen molar-refractivity contribution in [2.24, 2.45) is 0 Å². The van der Waals surface area contributed by atoms with Gasteiger partial charge >= 0.3 is 6.03 Å². The van der Waals surface area contributed by atoms with Gasteiger partial charge in [0.15, 0.2) is 10.6 Å². The molecule has 0 atom stereocenters. The maximum absolute atomic E-state index is 11.7. The Bertz CT molecular complexity index is 583. The summed E-state index contributed by atoms with van der Waals surface area (Å²) in [5.74, 6) is 0.663. The summed E-state index contributed by atoms with van der Waals surface area (Å²) >= 11 is 4.27. The Morgan fingerprint density at radius 1 is 1.38 bits per heavy atom. The maximum atomic E-state index is 11.7. The number of anilines is 2. The lowest BCUT2D eigenvalue weighted by Gasteiger charge is -2.05.